The summed E-state index contributed by atoms with van der Waals surface area (Å²) in [6.07, 6.45) is 8.99. The van der Waals surface area contributed by atoms with E-state index in [1.165, 1.54) is 6.92 Å². The molecule has 3 heteroatoms. The lowest BCUT2D eigenvalue weighted by atomic mass is 9.81. The van der Waals surface area contributed by atoms with Crippen molar-refractivity contribution in [2.24, 2.45) is 5.41 Å². The molecule has 1 fully saturated rings. The second-order valence-corrected chi connectivity index (χ2v) is 5.87. The van der Waals surface area contributed by atoms with E-state index in [-0.39, 0.29) is 5.78 Å². The zero-order chi connectivity index (χ0) is 15.7. The van der Waals surface area contributed by atoms with Crippen LogP contribution in [0.3, 0.4) is 0 Å². The van der Waals surface area contributed by atoms with Gasteiger partial charge >= 0.3 is 5.97 Å². The van der Waals surface area contributed by atoms with Crippen LogP contribution in [0.25, 0.3) is 0 Å². The van der Waals surface area contributed by atoms with Crippen molar-refractivity contribution in [2.45, 2.75) is 26.7 Å². The molecule has 1 unspecified atom stereocenters. The number of esters is 1. The third-order valence-electron chi connectivity index (χ3n) is 4.53. The van der Waals surface area contributed by atoms with Crippen molar-refractivity contribution in [3.8, 4) is 0 Å². The van der Waals surface area contributed by atoms with Gasteiger partial charge in [-0.1, -0.05) is 18.2 Å². The Hall–Kier alpha value is -1.64. The minimum Gasteiger partial charge on any atom is -0.465 e. The summed E-state index contributed by atoms with van der Waals surface area (Å²) in [5.74, 6) is 0.643. The average Bonchev–Trinajstić information content (AvgIpc) is 3.14. The molecule has 2 aliphatic carbocycles. The van der Waals surface area contributed by atoms with E-state index in [9.17, 15) is 9.59 Å². The van der Waals surface area contributed by atoms with E-state index in [2.05, 4.69) is 25.0 Å². The van der Waals surface area contributed by atoms with E-state index in [0.29, 0.717) is 19.4 Å². The van der Waals surface area contributed by atoms with Gasteiger partial charge in [0.15, 0.2) is 0 Å². The van der Waals surface area contributed by atoms with Crippen molar-refractivity contribution in [2.75, 3.05) is 6.61 Å². The highest BCUT2D eigenvalue weighted by Gasteiger charge is 2.49. The maximum atomic E-state index is 12.3. The Bertz CT molecular complexity index is 599. The van der Waals surface area contributed by atoms with Gasteiger partial charge in [0.05, 0.1) is 6.61 Å². The lowest BCUT2D eigenvalue weighted by Crippen LogP contribution is -2.40. The molecule has 1 saturated carbocycles. The number of Topliss-reactive ketones (excluding diaryl/α,β-unsaturated/α-hetero) is 1. The van der Waals surface area contributed by atoms with Crippen molar-refractivity contribution in [3.05, 3.63) is 66.5 Å². The van der Waals surface area contributed by atoms with E-state index in [1.54, 1.807) is 6.92 Å². The minimum atomic E-state index is -1.04. The number of fused-ring (bicyclic) bond motifs is 1. The zero-order valence-electron chi connectivity index (χ0n) is 12.9. The summed E-state index contributed by atoms with van der Waals surface area (Å²) in [5.41, 5.74) is 2.22. The van der Waals surface area contributed by atoms with Crippen molar-refractivity contribution in [1.82, 2.24) is 0 Å². The summed E-state index contributed by atoms with van der Waals surface area (Å²) in [7, 11) is 0. The molecule has 113 valence electrons. The number of carbonyl (C=O) groups excluding carboxylic acids is 2. The second kappa shape index (κ2) is 5.86. The Morgan fingerprint density at radius 3 is 2.45 bits per heavy atom. The summed E-state index contributed by atoms with van der Waals surface area (Å²) in [5, 5.41) is 0. The minimum absolute atomic E-state index is 0.114. The van der Waals surface area contributed by atoms with Crippen molar-refractivity contribution >= 4 is 11.8 Å². The van der Waals surface area contributed by atoms with Crippen LogP contribution in [0, 0.1) is 37.0 Å². The third kappa shape index (κ3) is 2.47. The largest absolute Gasteiger partial charge is 0.465 e. The fourth-order valence-corrected chi connectivity index (χ4v) is 3.23. The predicted molar refractivity (Wildman–Crippen MR) is 83.1 cm³/mol. The van der Waals surface area contributed by atoms with Crippen molar-refractivity contribution < 1.29 is 14.3 Å². The van der Waals surface area contributed by atoms with Gasteiger partial charge in [-0.3, -0.25) is 9.59 Å². The second-order valence-electron chi connectivity index (χ2n) is 5.87. The van der Waals surface area contributed by atoms with Gasteiger partial charge in [0, 0.05) is 5.92 Å². The van der Waals surface area contributed by atoms with Crippen molar-refractivity contribution in [1.29, 1.82) is 0 Å². The summed E-state index contributed by atoms with van der Waals surface area (Å²) in [6, 6.07) is 6.17. The fraction of sp³-hybridized carbons (Fsp3) is 0.316. The Balaban J connectivity index is 1.89. The lowest BCUT2D eigenvalue weighted by Gasteiger charge is -2.23. The SMILES string of the molecule is CCOC(=O)C1(C(C)=O)Cc2ccc([C]3[CH][CH][CH][CH]3)cc2C1. The molecule has 0 heterocycles. The molecule has 0 aromatic heterocycles. The standard InChI is InChI=1S/C19H19O3/c1-3-22-18(21)19(13(2)20)11-16-9-8-15(10-17(16)12-19)14-6-4-5-7-14/h4-10H,3,11-12H2,1-2H3. The molecule has 0 saturated heterocycles. The number of benzene rings is 1. The van der Waals surface area contributed by atoms with Gasteiger partial charge in [0.2, 0.25) is 0 Å². The number of hydrogen-bond donors (Lipinski definition) is 0. The molecule has 2 aliphatic rings. The Labute approximate surface area is 132 Å². The summed E-state index contributed by atoms with van der Waals surface area (Å²) >= 11 is 0. The van der Waals surface area contributed by atoms with E-state index in [4.69, 9.17) is 4.74 Å². The molecule has 0 amide bonds. The first-order valence-electron chi connectivity index (χ1n) is 7.59. The molecular weight excluding hydrogens is 276 g/mol. The molecule has 1 atom stereocenters. The van der Waals surface area contributed by atoms with Crippen LogP contribution in [0.5, 0.6) is 0 Å². The predicted octanol–water partition coefficient (Wildman–Crippen LogP) is 2.68. The normalized spacial score (nSPS) is 24.3. The van der Waals surface area contributed by atoms with Crippen LogP contribution in [0.4, 0.5) is 0 Å². The molecule has 1 aromatic carbocycles. The van der Waals surface area contributed by atoms with Crippen molar-refractivity contribution in [3.63, 3.8) is 0 Å². The van der Waals surface area contributed by atoms with Crippen LogP contribution in [0.1, 0.15) is 30.5 Å². The lowest BCUT2D eigenvalue weighted by molar-refractivity contribution is -0.159. The molecule has 0 spiro atoms. The molecule has 1 aromatic rings. The Morgan fingerprint density at radius 1 is 1.14 bits per heavy atom. The van der Waals surface area contributed by atoms with E-state index in [0.717, 1.165) is 22.6 Å². The van der Waals surface area contributed by atoms with Crippen LogP contribution in [0.15, 0.2) is 18.2 Å². The molecule has 0 aliphatic heterocycles. The number of rotatable bonds is 4. The van der Waals surface area contributed by atoms with Crippen LogP contribution >= 0.6 is 0 Å². The monoisotopic (exact) mass is 295 g/mol. The van der Waals surface area contributed by atoms with Crippen LogP contribution in [-0.2, 0) is 27.2 Å². The first-order valence-corrected chi connectivity index (χ1v) is 7.59. The zero-order valence-corrected chi connectivity index (χ0v) is 12.9. The number of ether oxygens (including phenoxy) is 1. The van der Waals surface area contributed by atoms with Gasteiger partial charge in [-0.2, -0.15) is 0 Å². The average molecular weight is 295 g/mol. The van der Waals surface area contributed by atoms with Crippen LogP contribution in [0.2, 0.25) is 0 Å². The van der Waals surface area contributed by atoms with E-state index >= 15 is 0 Å². The molecule has 3 nitrogen and oxygen atoms in total. The quantitative estimate of drug-likeness (QED) is 0.633. The highest BCUT2D eigenvalue weighted by molar-refractivity contribution is 6.04. The highest BCUT2D eigenvalue weighted by Crippen LogP contribution is 2.41. The Kier molecular flexibility index (Phi) is 4.07. The van der Waals surface area contributed by atoms with Gasteiger partial charge in [0.25, 0.3) is 0 Å². The highest BCUT2D eigenvalue weighted by atomic mass is 16.5. The smallest absolute Gasteiger partial charge is 0.320 e. The summed E-state index contributed by atoms with van der Waals surface area (Å²) in [6.45, 7) is 3.55. The topological polar surface area (TPSA) is 43.4 Å². The molecule has 3 rings (SSSR count). The first kappa shape index (κ1) is 15.3. The van der Waals surface area contributed by atoms with Crippen LogP contribution < -0.4 is 0 Å². The van der Waals surface area contributed by atoms with Gasteiger partial charge in [-0.25, -0.2) is 0 Å². The molecule has 0 N–H and O–H groups in total. The van der Waals surface area contributed by atoms with Crippen LogP contribution in [-0.4, -0.2) is 18.4 Å². The first-order chi connectivity index (χ1) is 10.6. The molecular formula is C19H19O3. The van der Waals surface area contributed by atoms with E-state index in [1.807, 2.05) is 18.9 Å². The summed E-state index contributed by atoms with van der Waals surface area (Å²) < 4.78 is 5.16. The van der Waals surface area contributed by atoms with Gasteiger partial charge in [0.1, 0.15) is 11.2 Å². The summed E-state index contributed by atoms with van der Waals surface area (Å²) in [4.78, 5) is 24.5. The van der Waals surface area contributed by atoms with Gasteiger partial charge in [-0.15, -0.1) is 0 Å². The van der Waals surface area contributed by atoms with E-state index < -0.39 is 11.4 Å². The molecule has 22 heavy (non-hydrogen) atoms. The fourth-order valence-electron chi connectivity index (χ4n) is 3.23. The maximum Gasteiger partial charge on any atom is 0.320 e. The number of ketones is 1. The number of carbonyl (C=O) groups is 2. The van der Waals surface area contributed by atoms with Gasteiger partial charge in [-0.05, 0) is 69.1 Å². The molecule has 0 bridgehead atoms. The maximum absolute atomic E-state index is 12.3. The Morgan fingerprint density at radius 2 is 1.82 bits per heavy atom. The number of hydrogen-bond acceptors (Lipinski definition) is 3. The van der Waals surface area contributed by atoms with Gasteiger partial charge < -0.3 is 4.74 Å². The third-order valence-corrected chi connectivity index (χ3v) is 4.53. The molecule has 5 radical (unpaired) electrons.